The quantitative estimate of drug-likeness (QED) is 0.259. The van der Waals surface area contributed by atoms with Gasteiger partial charge in [-0.1, -0.05) is 42.5 Å². The number of hydrogen-bond donors (Lipinski definition) is 2. The van der Waals surface area contributed by atoms with Gasteiger partial charge in [-0.25, -0.2) is 4.39 Å². The summed E-state index contributed by atoms with van der Waals surface area (Å²) in [4.78, 5) is 26.1. The molecule has 1 aliphatic heterocycles. The van der Waals surface area contributed by atoms with Gasteiger partial charge in [-0.15, -0.1) is 5.06 Å². The van der Waals surface area contributed by atoms with Gasteiger partial charge in [0.15, 0.2) is 0 Å². The summed E-state index contributed by atoms with van der Waals surface area (Å²) in [5.74, 6) is -2.17. The molecule has 32 heavy (non-hydrogen) atoms. The Morgan fingerprint density at radius 1 is 1.03 bits per heavy atom. The van der Waals surface area contributed by atoms with Crippen LogP contribution in [0.3, 0.4) is 0 Å². The third-order valence-corrected chi connectivity index (χ3v) is 5.48. The minimum Gasteiger partial charge on any atom is -0.382 e. The lowest BCUT2D eigenvalue weighted by Gasteiger charge is -2.24. The monoisotopic (exact) mass is 430 g/mol. The van der Waals surface area contributed by atoms with Gasteiger partial charge in [0.05, 0.1) is 5.57 Å². The predicted octanol–water partition coefficient (Wildman–Crippen LogP) is 5.17. The number of carbonyl (C=O) groups excluding carboxylic acids is 2. The number of hydrogen-bond acceptors (Lipinski definition) is 4. The topological polar surface area (TPSA) is 69.6 Å². The van der Waals surface area contributed by atoms with Crippen molar-refractivity contribution in [2.75, 3.05) is 5.32 Å². The smallest absolute Gasteiger partial charge is 0.285 e. The maximum absolute atomic E-state index is 13.4. The van der Waals surface area contributed by atoms with E-state index >= 15 is 0 Å². The van der Waals surface area contributed by atoms with E-state index in [1.807, 2.05) is 18.2 Å². The molecule has 4 rings (SSSR count). The summed E-state index contributed by atoms with van der Waals surface area (Å²) in [6, 6.07) is 19.8. The normalized spacial score (nSPS) is 15.5. The number of aryl methyl sites for hydroxylation is 1. The third kappa shape index (κ3) is 4.60. The van der Waals surface area contributed by atoms with E-state index in [-0.39, 0.29) is 16.2 Å². The molecule has 1 unspecified atom stereocenters. The number of carbonyl (C=O) groups is 2. The van der Waals surface area contributed by atoms with Crippen LogP contribution in [0.25, 0.3) is 11.6 Å². The molecule has 0 bridgehead atoms. The molecule has 0 saturated heterocycles. The van der Waals surface area contributed by atoms with Crippen LogP contribution in [0, 0.1) is 5.82 Å². The molecule has 0 aromatic heterocycles. The van der Waals surface area contributed by atoms with E-state index in [4.69, 9.17) is 0 Å². The van der Waals surface area contributed by atoms with E-state index in [0.717, 1.165) is 24.1 Å². The Morgan fingerprint density at radius 3 is 2.44 bits per heavy atom. The number of halogens is 1. The van der Waals surface area contributed by atoms with E-state index in [1.54, 1.807) is 36.4 Å². The summed E-state index contributed by atoms with van der Waals surface area (Å²) in [7, 11) is 0. The molecule has 1 atom stereocenters. The lowest BCUT2D eigenvalue weighted by Crippen LogP contribution is -2.34. The van der Waals surface area contributed by atoms with Crippen LogP contribution in [0.5, 0.6) is 0 Å². The van der Waals surface area contributed by atoms with Gasteiger partial charge in [0, 0.05) is 17.3 Å². The van der Waals surface area contributed by atoms with Gasteiger partial charge < -0.3 is 5.32 Å². The maximum atomic E-state index is 13.4. The first kappa shape index (κ1) is 21.5. The fraction of sp³-hybridized carbons (Fsp3) is 0.154. The molecule has 5 nitrogen and oxygen atoms in total. The standard InChI is InChI=1S/C26H23FN2O3/c1-17-7-8-20-16-21(11-14-24(20)28-17)25(30)29(32)26(31)23(15-18-5-3-2-4-6-18)19-9-12-22(27)13-10-19/h2-6,9-17,28,32H,7-8H2,1H3. The molecule has 0 spiro atoms. The van der Waals surface area contributed by atoms with Crippen LogP contribution >= 0.6 is 0 Å². The Kier molecular flexibility index (Phi) is 6.14. The number of fused-ring (bicyclic) bond motifs is 1. The number of nitrogens with zero attached hydrogens (tertiary/aromatic N) is 1. The van der Waals surface area contributed by atoms with Crippen molar-refractivity contribution in [2.24, 2.45) is 0 Å². The second kappa shape index (κ2) is 9.16. The van der Waals surface area contributed by atoms with Crippen molar-refractivity contribution in [1.82, 2.24) is 5.06 Å². The van der Waals surface area contributed by atoms with Gasteiger partial charge in [-0.3, -0.25) is 14.8 Å². The molecule has 0 radical (unpaired) electrons. The summed E-state index contributed by atoms with van der Waals surface area (Å²) >= 11 is 0. The van der Waals surface area contributed by atoms with Crippen LogP contribution in [0.15, 0.2) is 72.8 Å². The molecular weight excluding hydrogens is 407 g/mol. The highest BCUT2D eigenvalue weighted by atomic mass is 19.1. The molecule has 2 amide bonds. The Hall–Kier alpha value is -3.77. The zero-order valence-corrected chi connectivity index (χ0v) is 17.6. The van der Waals surface area contributed by atoms with Crippen molar-refractivity contribution in [3.8, 4) is 0 Å². The second-order valence-corrected chi connectivity index (χ2v) is 7.85. The van der Waals surface area contributed by atoms with Crippen molar-refractivity contribution < 1.29 is 19.2 Å². The molecule has 6 heteroatoms. The first-order chi connectivity index (χ1) is 15.4. The fourth-order valence-corrected chi connectivity index (χ4v) is 3.73. The number of benzene rings is 3. The largest absolute Gasteiger partial charge is 0.382 e. The van der Waals surface area contributed by atoms with Crippen LogP contribution in [0.1, 0.15) is 40.4 Å². The minimum atomic E-state index is -0.894. The van der Waals surface area contributed by atoms with E-state index in [2.05, 4.69) is 12.2 Å². The Morgan fingerprint density at radius 2 is 1.72 bits per heavy atom. The summed E-state index contributed by atoms with van der Waals surface area (Å²) in [5, 5.41) is 14.0. The minimum absolute atomic E-state index is 0.0699. The first-order valence-electron chi connectivity index (χ1n) is 10.4. The molecule has 3 aromatic rings. The molecule has 0 saturated carbocycles. The van der Waals surface area contributed by atoms with Crippen LogP contribution in [-0.4, -0.2) is 28.1 Å². The SMILES string of the molecule is CC1CCc2cc(C(=O)N(O)C(=O)C(=Cc3ccccc3)c3ccc(F)cc3)ccc2N1. The molecule has 1 heterocycles. The van der Waals surface area contributed by atoms with E-state index in [9.17, 15) is 19.2 Å². The summed E-state index contributed by atoms with van der Waals surface area (Å²) in [6.07, 6.45) is 3.30. The van der Waals surface area contributed by atoms with Crippen molar-refractivity contribution >= 4 is 29.2 Å². The molecule has 1 aliphatic rings. The number of amides is 2. The number of nitrogens with one attached hydrogen (secondary N) is 1. The Labute approximate surface area is 185 Å². The molecular formula is C26H23FN2O3. The Bertz CT molecular complexity index is 1170. The highest BCUT2D eigenvalue weighted by Crippen LogP contribution is 2.27. The highest BCUT2D eigenvalue weighted by molar-refractivity contribution is 6.28. The second-order valence-electron chi connectivity index (χ2n) is 7.85. The molecule has 0 aliphatic carbocycles. The van der Waals surface area contributed by atoms with E-state index in [0.29, 0.717) is 17.2 Å². The van der Waals surface area contributed by atoms with Gasteiger partial charge >= 0.3 is 0 Å². The van der Waals surface area contributed by atoms with E-state index < -0.39 is 17.6 Å². The zero-order chi connectivity index (χ0) is 22.7. The van der Waals surface area contributed by atoms with Gasteiger partial charge in [-0.05, 0) is 72.9 Å². The predicted molar refractivity (Wildman–Crippen MR) is 122 cm³/mol. The zero-order valence-electron chi connectivity index (χ0n) is 17.6. The van der Waals surface area contributed by atoms with Gasteiger partial charge in [0.2, 0.25) is 0 Å². The van der Waals surface area contributed by atoms with Crippen LogP contribution in [0.4, 0.5) is 10.1 Å². The fourth-order valence-electron chi connectivity index (χ4n) is 3.73. The van der Waals surface area contributed by atoms with E-state index in [1.165, 1.54) is 24.3 Å². The average molecular weight is 430 g/mol. The molecule has 162 valence electrons. The van der Waals surface area contributed by atoms with Crippen LogP contribution < -0.4 is 5.32 Å². The van der Waals surface area contributed by atoms with Crippen molar-refractivity contribution in [2.45, 2.75) is 25.8 Å². The number of imide groups is 1. The number of hydroxylamine groups is 2. The first-order valence-corrected chi connectivity index (χ1v) is 10.4. The van der Waals surface area contributed by atoms with Gasteiger partial charge in [-0.2, -0.15) is 0 Å². The average Bonchev–Trinajstić information content (AvgIpc) is 2.82. The van der Waals surface area contributed by atoms with Crippen LogP contribution in [-0.2, 0) is 11.2 Å². The molecule has 2 N–H and O–H groups in total. The van der Waals surface area contributed by atoms with Gasteiger partial charge in [0.1, 0.15) is 5.82 Å². The summed E-state index contributed by atoms with van der Waals surface area (Å²) in [6.45, 7) is 2.09. The number of rotatable bonds is 4. The highest BCUT2D eigenvalue weighted by Gasteiger charge is 2.26. The van der Waals surface area contributed by atoms with Gasteiger partial charge in [0.25, 0.3) is 11.8 Å². The lowest BCUT2D eigenvalue weighted by molar-refractivity contribution is -0.146. The lowest BCUT2D eigenvalue weighted by atomic mass is 9.96. The summed E-state index contributed by atoms with van der Waals surface area (Å²) < 4.78 is 13.4. The molecule has 3 aromatic carbocycles. The van der Waals surface area contributed by atoms with Crippen molar-refractivity contribution in [3.05, 3.63) is 101 Å². The number of anilines is 1. The maximum Gasteiger partial charge on any atom is 0.285 e. The van der Waals surface area contributed by atoms with Crippen LogP contribution in [0.2, 0.25) is 0 Å². The van der Waals surface area contributed by atoms with Crippen molar-refractivity contribution in [1.29, 1.82) is 0 Å². The van der Waals surface area contributed by atoms with Crippen molar-refractivity contribution in [3.63, 3.8) is 0 Å². The third-order valence-electron chi connectivity index (χ3n) is 5.48. The Balaban J connectivity index is 1.65. The summed E-state index contributed by atoms with van der Waals surface area (Å²) in [5.41, 5.74) is 3.29. The molecule has 0 fully saturated rings.